The Morgan fingerprint density at radius 3 is 2.27 bits per heavy atom. The Morgan fingerprint density at radius 2 is 1.69 bits per heavy atom. The van der Waals surface area contributed by atoms with E-state index in [1.807, 2.05) is 24.3 Å². The first-order valence-electron chi connectivity index (χ1n) is 8.89. The Hall–Kier alpha value is -1.41. The molecule has 0 aromatic heterocycles. The molecule has 3 rings (SSSR count). The van der Waals surface area contributed by atoms with E-state index in [0.717, 1.165) is 42.1 Å². The van der Waals surface area contributed by atoms with Crippen molar-refractivity contribution in [2.45, 2.75) is 43.9 Å². The molecule has 142 valence electrons. The molecule has 0 radical (unpaired) electrons. The van der Waals surface area contributed by atoms with Crippen LogP contribution in [0, 0.1) is 5.92 Å². The van der Waals surface area contributed by atoms with Crippen LogP contribution in [0.15, 0.2) is 28.7 Å². The van der Waals surface area contributed by atoms with Gasteiger partial charge in [-0.3, -0.25) is 20.4 Å². The first-order chi connectivity index (χ1) is 12.3. The maximum atomic E-state index is 13.0. The van der Waals surface area contributed by atoms with E-state index in [0.29, 0.717) is 6.42 Å². The van der Waals surface area contributed by atoms with E-state index in [-0.39, 0.29) is 17.4 Å². The van der Waals surface area contributed by atoms with Crippen LogP contribution in [0.3, 0.4) is 0 Å². The third-order valence-corrected chi connectivity index (χ3v) is 7.74. The summed E-state index contributed by atoms with van der Waals surface area (Å²) in [6.45, 7) is 0. The van der Waals surface area contributed by atoms with Gasteiger partial charge in [-0.2, -0.15) is 0 Å². The second kappa shape index (κ2) is 7.68. The van der Waals surface area contributed by atoms with Gasteiger partial charge in [-0.05, 0) is 37.0 Å². The van der Waals surface area contributed by atoms with Crippen LogP contribution in [0.2, 0.25) is 0 Å². The molecule has 6 nitrogen and oxygen atoms in total. The van der Waals surface area contributed by atoms with Crippen molar-refractivity contribution in [1.29, 1.82) is 0 Å². The molecular formula is C18H23BrN2O4S. The van der Waals surface area contributed by atoms with Gasteiger partial charge in [-0.1, -0.05) is 47.3 Å². The second-order valence-corrected chi connectivity index (χ2v) is 10.3. The van der Waals surface area contributed by atoms with E-state index < -0.39 is 27.1 Å². The van der Waals surface area contributed by atoms with Crippen LogP contribution in [0.25, 0.3) is 0 Å². The van der Waals surface area contributed by atoms with Gasteiger partial charge in [0.1, 0.15) is 0 Å². The van der Waals surface area contributed by atoms with Crippen molar-refractivity contribution in [2.24, 2.45) is 5.92 Å². The number of hydrogen-bond acceptors (Lipinski definition) is 4. The molecule has 8 heteroatoms. The molecule has 2 N–H and O–H groups in total. The largest absolute Gasteiger partial charge is 0.273 e. The Labute approximate surface area is 162 Å². The highest BCUT2D eigenvalue weighted by atomic mass is 79.9. The quantitative estimate of drug-likeness (QED) is 0.701. The van der Waals surface area contributed by atoms with Crippen LogP contribution in [0.4, 0.5) is 0 Å². The van der Waals surface area contributed by atoms with E-state index in [1.165, 1.54) is 0 Å². The maximum absolute atomic E-state index is 13.0. The highest BCUT2D eigenvalue weighted by Gasteiger charge is 2.41. The van der Waals surface area contributed by atoms with Gasteiger partial charge in [0.25, 0.3) is 0 Å². The minimum Gasteiger partial charge on any atom is -0.273 e. The van der Waals surface area contributed by atoms with Crippen molar-refractivity contribution in [3.05, 3.63) is 34.3 Å². The third-order valence-electron chi connectivity index (χ3n) is 5.44. The Kier molecular flexibility index (Phi) is 5.72. The second-order valence-electron chi connectivity index (χ2n) is 7.19. The number of nitrogens with one attached hydrogen (secondary N) is 2. The van der Waals surface area contributed by atoms with Gasteiger partial charge in [0.2, 0.25) is 11.8 Å². The topological polar surface area (TPSA) is 92.3 Å². The molecule has 1 aliphatic heterocycles. The fourth-order valence-corrected chi connectivity index (χ4v) is 5.92. The van der Waals surface area contributed by atoms with E-state index in [2.05, 4.69) is 26.8 Å². The summed E-state index contributed by atoms with van der Waals surface area (Å²) < 4.78 is 24.0. The summed E-state index contributed by atoms with van der Waals surface area (Å²) in [6, 6.07) is 7.72. The van der Waals surface area contributed by atoms with Crippen LogP contribution in [0.5, 0.6) is 0 Å². The molecule has 1 aliphatic carbocycles. The summed E-state index contributed by atoms with van der Waals surface area (Å²) >= 11 is 3.41. The molecule has 1 heterocycles. The van der Waals surface area contributed by atoms with E-state index in [1.54, 1.807) is 0 Å². The highest BCUT2D eigenvalue weighted by Crippen LogP contribution is 2.40. The summed E-state index contributed by atoms with van der Waals surface area (Å²) in [5.41, 5.74) is 5.30. The van der Waals surface area contributed by atoms with Crippen molar-refractivity contribution < 1.29 is 18.0 Å². The molecule has 1 saturated heterocycles. The zero-order valence-corrected chi connectivity index (χ0v) is 16.9. The van der Waals surface area contributed by atoms with E-state index in [9.17, 15) is 18.0 Å². The van der Waals surface area contributed by atoms with Crippen molar-refractivity contribution >= 4 is 37.6 Å². The van der Waals surface area contributed by atoms with Gasteiger partial charge in [0.05, 0.1) is 22.8 Å². The number of halogens is 1. The lowest BCUT2D eigenvalue weighted by Gasteiger charge is -2.36. The zero-order chi connectivity index (χ0) is 18.8. The average Bonchev–Trinajstić information content (AvgIpc) is 3.00. The van der Waals surface area contributed by atoms with Gasteiger partial charge in [-0.15, -0.1) is 0 Å². The summed E-state index contributed by atoms with van der Waals surface area (Å²) in [6.07, 6.45) is 4.78. The van der Waals surface area contributed by atoms with Crippen molar-refractivity contribution in [1.82, 2.24) is 10.9 Å². The van der Waals surface area contributed by atoms with Gasteiger partial charge < -0.3 is 0 Å². The lowest BCUT2D eigenvalue weighted by atomic mass is 9.69. The zero-order valence-electron chi connectivity index (χ0n) is 14.5. The van der Waals surface area contributed by atoms with Gasteiger partial charge in [0.15, 0.2) is 9.84 Å². The van der Waals surface area contributed by atoms with Crippen LogP contribution in [0.1, 0.15) is 44.1 Å². The minimum atomic E-state index is -3.14. The van der Waals surface area contributed by atoms with Gasteiger partial charge in [-0.25, -0.2) is 8.42 Å². The number of hydrogen-bond donors (Lipinski definition) is 2. The smallest absolute Gasteiger partial charge is 0.249 e. The predicted octanol–water partition coefficient (Wildman–Crippen LogP) is 2.23. The van der Waals surface area contributed by atoms with Crippen molar-refractivity contribution in [3.8, 4) is 0 Å². The standard InChI is InChI=1S/C18H23BrN2O4S/c19-15-6-4-14(5-7-15)18(9-2-1-3-10-18)17(23)21-20-16(22)13-8-11-26(24,25)12-13/h4-7,13H,1-3,8-12H2,(H,20,22)(H,21,23)/t13-/m1/s1. The summed E-state index contributed by atoms with van der Waals surface area (Å²) in [4.78, 5) is 25.2. The van der Waals surface area contributed by atoms with Crippen LogP contribution < -0.4 is 10.9 Å². The number of carbonyl (C=O) groups excluding carboxylic acids is 2. The molecule has 0 spiro atoms. The fraction of sp³-hybridized carbons (Fsp3) is 0.556. The maximum Gasteiger partial charge on any atom is 0.249 e. The summed E-state index contributed by atoms with van der Waals surface area (Å²) in [7, 11) is -3.14. The fourth-order valence-electron chi connectivity index (χ4n) is 3.91. The van der Waals surface area contributed by atoms with Gasteiger partial charge in [0, 0.05) is 4.47 Å². The monoisotopic (exact) mass is 442 g/mol. The lowest BCUT2D eigenvalue weighted by Crippen LogP contribution is -2.53. The molecule has 2 amide bonds. The number of benzene rings is 1. The Balaban J connectivity index is 1.70. The molecule has 1 saturated carbocycles. The van der Waals surface area contributed by atoms with Crippen molar-refractivity contribution in [3.63, 3.8) is 0 Å². The first kappa shape index (κ1) is 19.4. The molecule has 2 fully saturated rings. The molecule has 2 aliphatic rings. The predicted molar refractivity (Wildman–Crippen MR) is 102 cm³/mol. The van der Waals surface area contributed by atoms with Crippen LogP contribution in [-0.2, 0) is 24.8 Å². The normalized spacial score (nSPS) is 24.0. The number of amides is 2. The molecule has 1 atom stereocenters. The molecule has 0 unspecified atom stereocenters. The van der Waals surface area contributed by atoms with Crippen LogP contribution >= 0.6 is 15.9 Å². The average molecular weight is 443 g/mol. The highest BCUT2D eigenvalue weighted by molar-refractivity contribution is 9.10. The molecule has 1 aromatic rings. The molecule has 1 aromatic carbocycles. The summed E-state index contributed by atoms with van der Waals surface area (Å²) in [5.74, 6) is -1.36. The number of carbonyl (C=O) groups is 2. The van der Waals surface area contributed by atoms with Crippen molar-refractivity contribution in [2.75, 3.05) is 11.5 Å². The van der Waals surface area contributed by atoms with Gasteiger partial charge >= 0.3 is 0 Å². The molecular weight excluding hydrogens is 420 g/mol. The number of sulfone groups is 1. The SMILES string of the molecule is O=C(NNC(=O)C1(c2ccc(Br)cc2)CCCCC1)[C@@H]1CCS(=O)(=O)C1. The Bertz CT molecular complexity index is 786. The number of rotatable bonds is 3. The first-order valence-corrected chi connectivity index (χ1v) is 11.5. The molecule has 26 heavy (non-hydrogen) atoms. The number of hydrazine groups is 1. The van der Waals surface area contributed by atoms with E-state index >= 15 is 0 Å². The van der Waals surface area contributed by atoms with Crippen LogP contribution in [-0.4, -0.2) is 31.7 Å². The lowest BCUT2D eigenvalue weighted by molar-refractivity contribution is -0.134. The van der Waals surface area contributed by atoms with E-state index in [4.69, 9.17) is 0 Å². The summed E-state index contributed by atoms with van der Waals surface area (Å²) in [5, 5.41) is 0. The molecule has 0 bridgehead atoms. The minimum absolute atomic E-state index is 0.0296. The third kappa shape index (κ3) is 4.11. The Morgan fingerprint density at radius 1 is 1.04 bits per heavy atom.